The fourth-order valence-corrected chi connectivity index (χ4v) is 2.89. The Labute approximate surface area is 157 Å². The van der Waals surface area contributed by atoms with Crippen molar-refractivity contribution in [1.82, 2.24) is 4.98 Å². The van der Waals surface area contributed by atoms with Crippen LogP contribution in [0, 0.1) is 0 Å². The molecule has 0 aliphatic rings. The molecule has 0 amide bonds. The zero-order valence-corrected chi connectivity index (χ0v) is 15.4. The minimum Gasteiger partial charge on any atom is -0.379 e. The quantitative estimate of drug-likeness (QED) is 0.481. The Bertz CT molecular complexity index is 1000. The average molecular weight is 382 g/mol. The van der Waals surface area contributed by atoms with E-state index in [1.165, 1.54) is 12.1 Å². The highest BCUT2D eigenvalue weighted by atomic mass is 32.2. The third-order valence-corrected chi connectivity index (χ3v) is 4.98. The number of rotatable bonds is 7. The van der Waals surface area contributed by atoms with Gasteiger partial charge >= 0.3 is 0 Å². The van der Waals surface area contributed by atoms with Gasteiger partial charge in [0.15, 0.2) is 0 Å². The molecule has 0 radical (unpaired) electrons. The van der Waals surface area contributed by atoms with Gasteiger partial charge in [-0.05, 0) is 60.7 Å². The first-order valence-corrected chi connectivity index (χ1v) is 9.54. The van der Waals surface area contributed by atoms with Crippen LogP contribution in [0.2, 0.25) is 0 Å². The monoisotopic (exact) mass is 382 g/mol. The van der Waals surface area contributed by atoms with Gasteiger partial charge in [0.25, 0.3) is 10.1 Å². The predicted molar refractivity (Wildman–Crippen MR) is 103 cm³/mol. The van der Waals surface area contributed by atoms with Crippen molar-refractivity contribution in [2.75, 3.05) is 12.4 Å². The number of hydrogen-bond acceptors (Lipinski definition) is 7. The SMILES string of the molecule is COS(=O)(=O)c1ccc(N=Nc2ccc(NCc3ccccn3)cc2)cc1. The first kappa shape index (κ1) is 18.7. The third-order valence-electron chi connectivity index (χ3n) is 3.69. The zero-order valence-electron chi connectivity index (χ0n) is 14.6. The second-order valence-electron chi connectivity index (χ2n) is 5.54. The van der Waals surface area contributed by atoms with Gasteiger partial charge in [-0.1, -0.05) is 6.07 Å². The zero-order chi connectivity index (χ0) is 19.1. The highest BCUT2D eigenvalue weighted by Gasteiger charge is 2.11. The van der Waals surface area contributed by atoms with Gasteiger partial charge in [-0.15, -0.1) is 0 Å². The molecule has 0 unspecified atom stereocenters. The normalized spacial score (nSPS) is 11.6. The fraction of sp³-hybridized carbons (Fsp3) is 0.105. The number of benzene rings is 2. The molecule has 1 N–H and O–H groups in total. The second-order valence-corrected chi connectivity index (χ2v) is 7.25. The number of nitrogens with zero attached hydrogens (tertiary/aromatic N) is 3. The summed E-state index contributed by atoms with van der Waals surface area (Å²) < 4.78 is 27.6. The van der Waals surface area contributed by atoms with Crippen molar-refractivity contribution in [3.63, 3.8) is 0 Å². The molecular weight excluding hydrogens is 364 g/mol. The van der Waals surface area contributed by atoms with E-state index >= 15 is 0 Å². The van der Waals surface area contributed by atoms with Crippen molar-refractivity contribution in [2.45, 2.75) is 11.4 Å². The lowest BCUT2D eigenvalue weighted by atomic mass is 10.2. The van der Waals surface area contributed by atoms with Gasteiger partial charge in [-0.2, -0.15) is 18.6 Å². The van der Waals surface area contributed by atoms with Crippen molar-refractivity contribution in [2.24, 2.45) is 10.2 Å². The number of aromatic nitrogens is 1. The average Bonchev–Trinajstić information content (AvgIpc) is 2.72. The van der Waals surface area contributed by atoms with E-state index in [1.54, 1.807) is 18.3 Å². The van der Waals surface area contributed by atoms with E-state index in [0.717, 1.165) is 18.5 Å². The molecule has 0 saturated carbocycles. The molecule has 8 heteroatoms. The molecule has 3 aromatic rings. The lowest BCUT2D eigenvalue weighted by Gasteiger charge is -2.05. The Hall–Kier alpha value is -3.10. The highest BCUT2D eigenvalue weighted by molar-refractivity contribution is 7.86. The Morgan fingerprint density at radius 3 is 2.11 bits per heavy atom. The molecule has 0 fully saturated rings. The Morgan fingerprint density at radius 1 is 0.926 bits per heavy atom. The summed E-state index contributed by atoms with van der Waals surface area (Å²) in [6.45, 7) is 0.637. The van der Waals surface area contributed by atoms with Crippen molar-refractivity contribution in [3.05, 3.63) is 78.6 Å². The largest absolute Gasteiger partial charge is 0.379 e. The van der Waals surface area contributed by atoms with E-state index in [4.69, 9.17) is 0 Å². The molecule has 138 valence electrons. The summed E-state index contributed by atoms with van der Waals surface area (Å²) in [4.78, 5) is 4.34. The number of hydrogen-bond donors (Lipinski definition) is 1. The van der Waals surface area contributed by atoms with Crippen molar-refractivity contribution in [3.8, 4) is 0 Å². The Kier molecular flexibility index (Phi) is 5.90. The van der Waals surface area contributed by atoms with Crippen molar-refractivity contribution in [1.29, 1.82) is 0 Å². The topological polar surface area (TPSA) is 93.0 Å². The summed E-state index contributed by atoms with van der Waals surface area (Å²) in [6, 6.07) is 19.3. The van der Waals surface area contributed by atoms with Crippen LogP contribution in [-0.4, -0.2) is 20.5 Å². The summed E-state index contributed by atoms with van der Waals surface area (Å²) in [5.41, 5.74) is 3.14. The second kappa shape index (κ2) is 8.52. The van der Waals surface area contributed by atoms with E-state index in [2.05, 4.69) is 24.7 Å². The smallest absolute Gasteiger partial charge is 0.296 e. The van der Waals surface area contributed by atoms with Crippen molar-refractivity contribution < 1.29 is 12.6 Å². The van der Waals surface area contributed by atoms with Gasteiger partial charge < -0.3 is 5.32 Å². The van der Waals surface area contributed by atoms with Crippen LogP contribution >= 0.6 is 0 Å². The third kappa shape index (κ3) is 5.19. The van der Waals surface area contributed by atoms with Crippen LogP contribution in [-0.2, 0) is 20.8 Å². The predicted octanol–water partition coefficient (Wildman–Crippen LogP) is 4.44. The lowest BCUT2D eigenvalue weighted by molar-refractivity contribution is 0.398. The summed E-state index contributed by atoms with van der Waals surface area (Å²) in [5.74, 6) is 0. The van der Waals surface area contributed by atoms with Crippen LogP contribution in [0.4, 0.5) is 17.1 Å². The summed E-state index contributed by atoms with van der Waals surface area (Å²) in [7, 11) is -2.57. The molecule has 1 heterocycles. The van der Waals surface area contributed by atoms with E-state index in [0.29, 0.717) is 17.9 Å². The van der Waals surface area contributed by atoms with E-state index in [1.807, 2.05) is 42.5 Å². The van der Waals surface area contributed by atoms with Gasteiger partial charge in [0.2, 0.25) is 0 Å². The van der Waals surface area contributed by atoms with Gasteiger partial charge in [0, 0.05) is 11.9 Å². The van der Waals surface area contributed by atoms with Crippen LogP contribution < -0.4 is 5.32 Å². The van der Waals surface area contributed by atoms with Crippen LogP contribution in [0.5, 0.6) is 0 Å². The molecule has 7 nitrogen and oxygen atoms in total. The Morgan fingerprint density at radius 2 is 1.56 bits per heavy atom. The molecule has 0 saturated heterocycles. The number of nitrogens with one attached hydrogen (secondary N) is 1. The molecular formula is C19H18N4O3S. The molecule has 0 spiro atoms. The molecule has 27 heavy (non-hydrogen) atoms. The molecule has 0 aliphatic carbocycles. The number of azo groups is 1. The molecule has 3 rings (SSSR count). The van der Waals surface area contributed by atoms with Crippen LogP contribution in [0.15, 0.2) is 88.1 Å². The maximum absolute atomic E-state index is 11.6. The van der Waals surface area contributed by atoms with Gasteiger partial charge in [-0.25, -0.2) is 0 Å². The van der Waals surface area contributed by atoms with Gasteiger partial charge in [0.05, 0.1) is 35.6 Å². The maximum Gasteiger partial charge on any atom is 0.296 e. The van der Waals surface area contributed by atoms with Gasteiger partial charge in [0.1, 0.15) is 0 Å². The minimum absolute atomic E-state index is 0.0762. The number of anilines is 1. The van der Waals surface area contributed by atoms with Crippen LogP contribution in [0.25, 0.3) is 0 Å². The van der Waals surface area contributed by atoms with E-state index in [9.17, 15) is 8.42 Å². The molecule has 0 atom stereocenters. The van der Waals surface area contributed by atoms with Crippen molar-refractivity contribution >= 4 is 27.2 Å². The van der Waals surface area contributed by atoms with E-state index in [-0.39, 0.29) is 4.90 Å². The first-order chi connectivity index (χ1) is 13.1. The highest BCUT2D eigenvalue weighted by Crippen LogP contribution is 2.22. The molecule has 0 bridgehead atoms. The summed E-state index contributed by atoms with van der Waals surface area (Å²) in [6.07, 6.45) is 1.76. The lowest BCUT2D eigenvalue weighted by Crippen LogP contribution is -2.01. The van der Waals surface area contributed by atoms with E-state index < -0.39 is 10.1 Å². The Balaban J connectivity index is 1.60. The fourth-order valence-electron chi connectivity index (χ4n) is 2.23. The standard InChI is InChI=1S/C19H18N4O3S/c1-26-27(24,25)19-11-9-17(10-12-19)23-22-16-7-5-15(6-8-16)21-14-18-4-2-3-13-20-18/h2-13,21H,14H2,1H3. The number of pyridine rings is 1. The van der Waals surface area contributed by atoms with Crippen LogP contribution in [0.3, 0.4) is 0 Å². The van der Waals surface area contributed by atoms with Gasteiger partial charge in [-0.3, -0.25) is 9.17 Å². The molecule has 1 aromatic heterocycles. The summed E-state index contributed by atoms with van der Waals surface area (Å²) in [5, 5.41) is 11.5. The van der Waals surface area contributed by atoms with Crippen LogP contribution in [0.1, 0.15) is 5.69 Å². The molecule has 2 aromatic carbocycles. The summed E-state index contributed by atoms with van der Waals surface area (Å²) >= 11 is 0. The maximum atomic E-state index is 11.6. The minimum atomic E-state index is -3.70. The first-order valence-electron chi connectivity index (χ1n) is 8.13. The molecule has 0 aliphatic heterocycles.